The van der Waals surface area contributed by atoms with Crippen LogP contribution in [0.15, 0.2) is 53.6 Å². The van der Waals surface area contributed by atoms with Gasteiger partial charge in [0.2, 0.25) is 0 Å². The molecule has 0 heterocycles. The minimum Gasteiger partial charge on any atom is -0.267 e. The highest BCUT2D eigenvalue weighted by Crippen LogP contribution is 2.21. The molecule has 3 nitrogen and oxygen atoms in total. The van der Waals surface area contributed by atoms with Crippen LogP contribution in [0, 0.1) is 0 Å². The van der Waals surface area contributed by atoms with Gasteiger partial charge in [0.05, 0.1) is 5.71 Å². The van der Waals surface area contributed by atoms with Crippen LogP contribution in [0.2, 0.25) is 10.0 Å². The van der Waals surface area contributed by atoms with Gasteiger partial charge in [0.15, 0.2) is 0 Å². The van der Waals surface area contributed by atoms with Gasteiger partial charge in [-0.3, -0.25) is 4.79 Å². The zero-order chi connectivity index (χ0) is 14.5. The van der Waals surface area contributed by atoms with E-state index in [0.29, 0.717) is 26.9 Å². The molecule has 0 saturated heterocycles. The number of amides is 1. The van der Waals surface area contributed by atoms with E-state index in [2.05, 4.69) is 10.5 Å². The summed E-state index contributed by atoms with van der Waals surface area (Å²) in [7, 11) is 0. The van der Waals surface area contributed by atoms with Crippen molar-refractivity contribution in [1.29, 1.82) is 0 Å². The Labute approximate surface area is 127 Å². The van der Waals surface area contributed by atoms with E-state index in [0.717, 1.165) is 0 Å². The molecule has 0 unspecified atom stereocenters. The third kappa shape index (κ3) is 3.59. The van der Waals surface area contributed by atoms with Crippen LogP contribution in [0.1, 0.15) is 22.8 Å². The molecule has 2 rings (SSSR count). The van der Waals surface area contributed by atoms with Gasteiger partial charge in [0.25, 0.3) is 5.91 Å². The summed E-state index contributed by atoms with van der Waals surface area (Å²) in [4.78, 5) is 11.9. The lowest BCUT2D eigenvalue weighted by Crippen LogP contribution is -2.19. The van der Waals surface area contributed by atoms with E-state index in [1.807, 2.05) is 6.07 Å². The van der Waals surface area contributed by atoms with Crippen molar-refractivity contribution in [1.82, 2.24) is 5.43 Å². The number of nitrogens with one attached hydrogen (secondary N) is 1. The third-order valence-electron chi connectivity index (χ3n) is 2.68. The van der Waals surface area contributed by atoms with Crippen molar-refractivity contribution in [2.24, 2.45) is 5.10 Å². The number of carbonyl (C=O) groups excluding carboxylic acids is 1. The van der Waals surface area contributed by atoms with Crippen LogP contribution >= 0.6 is 23.2 Å². The number of nitrogens with zero attached hydrogens (tertiary/aromatic N) is 1. The number of hydrogen-bond acceptors (Lipinski definition) is 2. The molecule has 1 N–H and O–H groups in total. The lowest BCUT2D eigenvalue weighted by molar-refractivity contribution is 0.0955. The Balaban J connectivity index is 2.15. The molecular formula is C15H12Cl2N2O. The summed E-state index contributed by atoms with van der Waals surface area (Å²) in [6.45, 7) is 1.75. The first kappa shape index (κ1) is 14.6. The monoisotopic (exact) mass is 306 g/mol. The molecule has 1 amide bonds. The first-order chi connectivity index (χ1) is 9.58. The number of hydrogen-bond donors (Lipinski definition) is 1. The van der Waals surface area contributed by atoms with Crippen molar-refractivity contribution in [3.63, 3.8) is 0 Å². The fourth-order valence-electron chi connectivity index (χ4n) is 1.62. The van der Waals surface area contributed by atoms with Gasteiger partial charge in [0, 0.05) is 21.2 Å². The molecule has 0 aliphatic carbocycles. The van der Waals surface area contributed by atoms with E-state index in [4.69, 9.17) is 23.2 Å². The molecule has 0 saturated carbocycles. The maximum atomic E-state index is 11.9. The molecule has 0 radical (unpaired) electrons. The maximum absolute atomic E-state index is 11.9. The summed E-state index contributed by atoms with van der Waals surface area (Å²) in [5.41, 5.74) is 4.31. The molecule has 0 bridgehead atoms. The summed E-state index contributed by atoms with van der Waals surface area (Å²) in [6.07, 6.45) is 0. The van der Waals surface area contributed by atoms with E-state index in [9.17, 15) is 4.79 Å². The first-order valence-corrected chi connectivity index (χ1v) is 6.68. The smallest absolute Gasteiger partial charge is 0.267 e. The summed E-state index contributed by atoms with van der Waals surface area (Å²) in [5.74, 6) is -0.275. The number of halogens is 2. The number of hydrazone groups is 1. The number of benzene rings is 2. The van der Waals surface area contributed by atoms with Crippen molar-refractivity contribution in [2.75, 3.05) is 0 Å². The molecule has 0 fully saturated rings. The van der Waals surface area contributed by atoms with E-state index < -0.39 is 0 Å². The molecule has 0 aromatic heterocycles. The Morgan fingerprint density at radius 1 is 1.10 bits per heavy atom. The Morgan fingerprint density at radius 3 is 2.50 bits per heavy atom. The van der Waals surface area contributed by atoms with Gasteiger partial charge in [-0.1, -0.05) is 41.4 Å². The molecule has 20 heavy (non-hydrogen) atoms. The zero-order valence-electron chi connectivity index (χ0n) is 10.7. The van der Waals surface area contributed by atoms with Gasteiger partial charge in [0.1, 0.15) is 0 Å². The van der Waals surface area contributed by atoms with E-state index in [-0.39, 0.29) is 5.91 Å². The van der Waals surface area contributed by atoms with Crippen LogP contribution in [0.25, 0.3) is 0 Å². The van der Waals surface area contributed by atoms with Crippen LogP contribution in [0.3, 0.4) is 0 Å². The number of carbonyl (C=O) groups is 1. The van der Waals surface area contributed by atoms with E-state index in [1.54, 1.807) is 49.4 Å². The molecule has 0 atom stereocenters. The van der Waals surface area contributed by atoms with Crippen LogP contribution < -0.4 is 5.43 Å². The standard InChI is InChI=1S/C15H12Cl2N2O/c1-10(13-9-12(16)7-8-14(13)17)18-19-15(20)11-5-3-2-4-6-11/h2-9H,1H3,(H,19,20)/b18-10+. The molecular weight excluding hydrogens is 295 g/mol. The van der Waals surface area contributed by atoms with Gasteiger partial charge in [-0.25, -0.2) is 5.43 Å². The fraction of sp³-hybridized carbons (Fsp3) is 0.0667. The summed E-state index contributed by atoms with van der Waals surface area (Å²) < 4.78 is 0. The predicted molar refractivity (Wildman–Crippen MR) is 82.6 cm³/mol. The minimum atomic E-state index is -0.275. The Bertz CT molecular complexity index is 654. The molecule has 2 aromatic carbocycles. The van der Waals surface area contributed by atoms with Crippen LogP contribution in [0.5, 0.6) is 0 Å². The van der Waals surface area contributed by atoms with Crippen LogP contribution in [0.4, 0.5) is 0 Å². The van der Waals surface area contributed by atoms with Gasteiger partial charge < -0.3 is 0 Å². The second-order valence-corrected chi connectivity index (χ2v) is 4.97. The normalized spacial score (nSPS) is 11.2. The van der Waals surface area contributed by atoms with Gasteiger partial charge in [-0.2, -0.15) is 5.10 Å². The van der Waals surface area contributed by atoms with Gasteiger partial charge in [-0.15, -0.1) is 0 Å². The highest BCUT2D eigenvalue weighted by Gasteiger charge is 2.07. The Morgan fingerprint density at radius 2 is 1.80 bits per heavy atom. The predicted octanol–water partition coefficient (Wildman–Crippen LogP) is 4.15. The largest absolute Gasteiger partial charge is 0.271 e. The summed E-state index contributed by atoms with van der Waals surface area (Å²) in [5, 5.41) is 5.14. The molecule has 5 heteroatoms. The zero-order valence-corrected chi connectivity index (χ0v) is 12.2. The van der Waals surface area contributed by atoms with Crippen molar-refractivity contribution >= 4 is 34.8 Å². The minimum absolute atomic E-state index is 0.275. The summed E-state index contributed by atoms with van der Waals surface area (Å²) >= 11 is 12.0. The molecule has 102 valence electrons. The van der Waals surface area contributed by atoms with Crippen LogP contribution in [-0.2, 0) is 0 Å². The van der Waals surface area contributed by atoms with E-state index >= 15 is 0 Å². The lowest BCUT2D eigenvalue weighted by atomic mass is 10.1. The van der Waals surface area contributed by atoms with Gasteiger partial charge >= 0.3 is 0 Å². The lowest BCUT2D eigenvalue weighted by Gasteiger charge is -2.05. The number of rotatable bonds is 3. The Kier molecular flexibility index (Phi) is 4.77. The maximum Gasteiger partial charge on any atom is 0.271 e. The van der Waals surface area contributed by atoms with Crippen molar-refractivity contribution in [3.8, 4) is 0 Å². The highest BCUT2D eigenvalue weighted by atomic mass is 35.5. The molecule has 0 aliphatic rings. The topological polar surface area (TPSA) is 41.5 Å². The van der Waals surface area contributed by atoms with Crippen molar-refractivity contribution in [3.05, 3.63) is 69.7 Å². The van der Waals surface area contributed by atoms with Crippen LogP contribution in [-0.4, -0.2) is 11.6 Å². The highest BCUT2D eigenvalue weighted by molar-refractivity contribution is 6.36. The second-order valence-electron chi connectivity index (χ2n) is 4.13. The quantitative estimate of drug-likeness (QED) is 0.672. The van der Waals surface area contributed by atoms with Gasteiger partial charge in [-0.05, 0) is 37.3 Å². The van der Waals surface area contributed by atoms with E-state index in [1.165, 1.54) is 0 Å². The Hall–Kier alpha value is -1.84. The fourth-order valence-corrected chi connectivity index (χ4v) is 2.05. The first-order valence-electron chi connectivity index (χ1n) is 5.93. The van der Waals surface area contributed by atoms with Crippen molar-refractivity contribution in [2.45, 2.75) is 6.92 Å². The van der Waals surface area contributed by atoms with Crippen molar-refractivity contribution < 1.29 is 4.79 Å². The molecule has 2 aromatic rings. The second kappa shape index (κ2) is 6.55. The molecule has 0 spiro atoms. The third-order valence-corrected chi connectivity index (χ3v) is 3.24. The average Bonchev–Trinajstić information content (AvgIpc) is 2.47. The molecule has 0 aliphatic heterocycles. The summed E-state index contributed by atoms with van der Waals surface area (Å²) in [6, 6.07) is 14.0. The SMILES string of the molecule is C/C(=N\NC(=O)c1ccccc1)c1cc(Cl)ccc1Cl. The average molecular weight is 307 g/mol.